The van der Waals surface area contributed by atoms with Crippen LogP contribution in [0.3, 0.4) is 0 Å². The Morgan fingerprint density at radius 3 is 2.61 bits per heavy atom. The molecule has 0 aliphatic heterocycles. The summed E-state index contributed by atoms with van der Waals surface area (Å²) in [6, 6.07) is 12.1. The van der Waals surface area contributed by atoms with E-state index in [2.05, 4.69) is 15.9 Å². The molecule has 0 aromatic heterocycles. The highest BCUT2D eigenvalue weighted by Crippen LogP contribution is 2.26. The first-order valence-corrected chi connectivity index (χ1v) is 6.11. The van der Waals surface area contributed by atoms with E-state index in [1.54, 1.807) is 0 Å². The summed E-state index contributed by atoms with van der Waals surface area (Å²) in [7, 11) is 0. The molecule has 0 heterocycles. The fraction of sp³-hybridized carbons (Fsp3) is 0.0714. The van der Waals surface area contributed by atoms with Crippen LogP contribution < -0.4 is 4.74 Å². The number of rotatable bonds is 4. The van der Waals surface area contributed by atoms with Crippen LogP contribution in [0.5, 0.6) is 5.75 Å². The lowest BCUT2D eigenvalue weighted by Crippen LogP contribution is -1.99. The van der Waals surface area contributed by atoms with E-state index < -0.39 is 5.82 Å². The summed E-state index contributed by atoms with van der Waals surface area (Å²) in [6.45, 7) is 0.294. The number of hydrogen-bond donors (Lipinski definition) is 0. The first-order valence-electron chi connectivity index (χ1n) is 5.31. The van der Waals surface area contributed by atoms with Crippen LogP contribution in [0.1, 0.15) is 15.9 Å². The fourth-order valence-corrected chi connectivity index (χ4v) is 1.86. The minimum absolute atomic E-state index is 0.245. The zero-order valence-electron chi connectivity index (χ0n) is 9.40. The molecule has 18 heavy (non-hydrogen) atoms. The molecule has 2 aromatic rings. The molecule has 0 fully saturated rings. The van der Waals surface area contributed by atoms with Crippen molar-refractivity contribution in [2.75, 3.05) is 0 Å². The number of ether oxygens (including phenoxy) is 1. The van der Waals surface area contributed by atoms with Crippen molar-refractivity contribution in [1.29, 1.82) is 0 Å². The monoisotopic (exact) mass is 308 g/mol. The normalized spacial score (nSPS) is 10.1. The molecule has 0 N–H and O–H groups in total. The SMILES string of the molecule is O=Cc1cc(Br)c(F)cc1OCc1ccccc1. The maximum absolute atomic E-state index is 13.4. The molecule has 92 valence electrons. The molecule has 0 aliphatic rings. The maximum Gasteiger partial charge on any atom is 0.153 e. The van der Waals surface area contributed by atoms with Crippen molar-refractivity contribution in [1.82, 2.24) is 0 Å². The highest BCUT2D eigenvalue weighted by Gasteiger charge is 2.09. The van der Waals surface area contributed by atoms with Gasteiger partial charge in [-0.2, -0.15) is 0 Å². The molecule has 4 heteroatoms. The molecule has 0 saturated carbocycles. The Hall–Kier alpha value is -1.68. The van der Waals surface area contributed by atoms with Gasteiger partial charge in [0.15, 0.2) is 6.29 Å². The molecule has 2 aromatic carbocycles. The summed E-state index contributed by atoms with van der Waals surface area (Å²) in [4.78, 5) is 10.9. The average Bonchev–Trinajstić information content (AvgIpc) is 2.41. The van der Waals surface area contributed by atoms with Gasteiger partial charge >= 0.3 is 0 Å². The van der Waals surface area contributed by atoms with E-state index in [1.807, 2.05) is 30.3 Å². The van der Waals surface area contributed by atoms with Crippen molar-refractivity contribution < 1.29 is 13.9 Å². The lowest BCUT2D eigenvalue weighted by atomic mass is 10.2. The van der Waals surface area contributed by atoms with Crippen molar-refractivity contribution in [3.8, 4) is 5.75 Å². The van der Waals surface area contributed by atoms with Gasteiger partial charge in [-0.05, 0) is 27.6 Å². The molecule has 2 rings (SSSR count). The van der Waals surface area contributed by atoms with Crippen molar-refractivity contribution in [2.24, 2.45) is 0 Å². The fourth-order valence-electron chi connectivity index (χ4n) is 1.50. The molecular formula is C14H10BrFO2. The standard InChI is InChI=1S/C14H10BrFO2/c15-12-6-11(8-17)14(7-13(12)16)18-9-10-4-2-1-3-5-10/h1-8H,9H2. The first-order chi connectivity index (χ1) is 8.70. The number of carbonyl (C=O) groups is 1. The Morgan fingerprint density at radius 2 is 1.94 bits per heavy atom. The molecule has 0 amide bonds. The highest BCUT2D eigenvalue weighted by molar-refractivity contribution is 9.10. The van der Waals surface area contributed by atoms with E-state index in [-0.39, 0.29) is 10.2 Å². The van der Waals surface area contributed by atoms with Gasteiger partial charge in [0.05, 0.1) is 10.0 Å². The van der Waals surface area contributed by atoms with Gasteiger partial charge in [0.25, 0.3) is 0 Å². The number of halogens is 2. The Bertz CT molecular complexity index is 555. The average molecular weight is 309 g/mol. The van der Waals surface area contributed by atoms with Crippen molar-refractivity contribution in [3.05, 3.63) is 63.9 Å². The summed E-state index contributed by atoms with van der Waals surface area (Å²) in [5.74, 6) is -0.210. The van der Waals surface area contributed by atoms with Crippen LogP contribution in [0.4, 0.5) is 4.39 Å². The topological polar surface area (TPSA) is 26.3 Å². The van der Waals surface area contributed by atoms with Crippen molar-refractivity contribution in [3.63, 3.8) is 0 Å². The van der Waals surface area contributed by atoms with Crippen LogP contribution in [-0.2, 0) is 6.61 Å². The number of hydrogen-bond acceptors (Lipinski definition) is 2. The van der Waals surface area contributed by atoms with Gasteiger partial charge in [-0.15, -0.1) is 0 Å². The minimum atomic E-state index is -0.455. The molecular weight excluding hydrogens is 299 g/mol. The van der Waals surface area contributed by atoms with Gasteiger partial charge in [0.2, 0.25) is 0 Å². The molecule has 0 aliphatic carbocycles. The Kier molecular flexibility index (Phi) is 4.10. The predicted octanol–water partition coefficient (Wildman–Crippen LogP) is 3.98. The van der Waals surface area contributed by atoms with Crippen LogP contribution in [0.15, 0.2) is 46.9 Å². The third kappa shape index (κ3) is 2.96. The highest BCUT2D eigenvalue weighted by atomic mass is 79.9. The third-order valence-electron chi connectivity index (χ3n) is 2.42. The van der Waals surface area contributed by atoms with E-state index >= 15 is 0 Å². The quantitative estimate of drug-likeness (QED) is 0.799. The van der Waals surface area contributed by atoms with Crippen LogP contribution >= 0.6 is 15.9 Å². The van der Waals surface area contributed by atoms with E-state index in [4.69, 9.17) is 4.74 Å². The van der Waals surface area contributed by atoms with Gasteiger partial charge in [0.1, 0.15) is 18.2 Å². The van der Waals surface area contributed by atoms with Crippen molar-refractivity contribution >= 4 is 22.2 Å². The molecule has 2 nitrogen and oxygen atoms in total. The molecule has 0 bridgehead atoms. The van der Waals surface area contributed by atoms with Gasteiger partial charge in [-0.1, -0.05) is 30.3 Å². The lowest BCUT2D eigenvalue weighted by molar-refractivity contribution is 0.111. The van der Waals surface area contributed by atoms with E-state index in [1.165, 1.54) is 12.1 Å². The second kappa shape index (κ2) is 5.78. The Morgan fingerprint density at radius 1 is 1.22 bits per heavy atom. The molecule has 0 atom stereocenters. The summed E-state index contributed by atoms with van der Waals surface area (Å²) >= 11 is 3.03. The van der Waals surface area contributed by atoms with E-state index in [0.717, 1.165) is 5.56 Å². The summed E-state index contributed by atoms with van der Waals surface area (Å²) in [5.41, 5.74) is 1.27. The summed E-state index contributed by atoms with van der Waals surface area (Å²) in [6.07, 6.45) is 0.643. The largest absolute Gasteiger partial charge is 0.488 e. The van der Waals surface area contributed by atoms with Gasteiger partial charge in [-0.3, -0.25) is 4.79 Å². The number of carbonyl (C=O) groups excluding carboxylic acids is 1. The zero-order chi connectivity index (χ0) is 13.0. The van der Waals surface area contributed by atoms with Crippen LogP contribution in [0, 0.1) is 5.82 Å². The summed E-state index contributed by atoms with van der Waals surface area (Å²) in [5, 5.41) is 0. The first kappa shape index (κ1) is 12.8. The molecule has 0 spiro atoms. The van der Waals surface area contributed by atoms with Gasteiger partial charge < -0.3 is 4.74 Å². The molecule has 0 unspecified atom stereocenters. The van der Waals surface area contributed by atoms with Crippen LogP contribution in [0.2, 0.25) is 0 Å². The maximum atomic E-state index is 13.4. The third-order valence-corrected chi connectivity index (χ3v) is 3.02. The predicted molar refractivity (Wildman–Crippen MR) is 70.3 cm³/mol. The smallest absolute Gasteiger partial charge is 0.153 e. The minimum Gasteiger partial charge on any atom is -0.488 e. The lowest BCUT2D eigenvalue weighted by Gasteiger charge is -2.09. The second-order valence-corrected chi connectivity index (χ2v) is 4.55. The Labute approximate surface area is 113 Å². The molecule has 0 radical (unpaired) electrons. The van der Waals surface area contributed by atoms with Crippen LogP contribution in [-0.4, -0.2) is 6.29 Å². The van der Waals surface area contributed by atoms with E-state index in [0.29, 0.717) is 18.5 Å². The van der Waals surface area contributed by atoms with Gasteiger partial charge in [-0.25, -0.2) is 4.39 Å². The Balaban J connectivity index is 2.19. The second-order valence-electron chi connectivity index (χ2n) is 3.70. The van der Waals surface area contributed by atoms with Crippen molar-refractivity contribution in [2.45, 2.75) is 6.61 Å². The van der Waals surface area contributed by atoms with E-state index in [9.17, 15) is 9.18 Å². The number of benzene rings is 2. The number of aldehydes is 1. The molecule has 0 saturated heterocycles. The summed E-state index contributed by atoms with van der Waals surface area (Å²) < 4.78 is 19.1. The van der Waals surface area contributed by atoms with Crippen LogP contribution in [0.25, 0.3) is 0 Å². The zero-order valence-corrected chi connectivity index (χ0v) is 11.0. The van der Waals surface area contributed by atoms with Gasteiger partial charge in [0, 0.05) is 6.07 Å².